The molecule has 0 amide bonds. The van der Waals surface area contributed by atoms with Gasteiger partial charge < -0.3 is 20.4 Å². The van der Waals surface area contributed by atoms with Crippen LogP contribution < -0.4 is 0 Å². The Balaban J connectivity index is 3.72. The molecule has 0 saturated carbocycles. The van der Waals surface area contributed by atoms with Gasteiger partial charge in [0.05, 0.1) is 18.3 Å². The lowest BCUT2D eigenvalue weighted by molar-refractivity contribution is -0.137. The standard InChI is InChI=1S/C18H32O5/c1-2-3-7-11-16(20)17(21)14-13-15(19)10-8-5-4-6-9-12-18(22)23/h3,7,13-17,19-21H,2,4-6,8-12H2,1H3,(H,22,23). The summed E-state index contributed by atoms with van der Waals surface area (Å²) in [5.41, 5.74) is 0. The Morgan fingerprint density at radius 1 is 0.957 bits per heavy atom. The van der Waals surface area contributed by atoms with E-state index < -0.39 is 24.3 Å². The number of unbranched alkanes of at least 4 members (excludes halogenated alkanes) is 4. The van der Waals surface area contributed by atoms with E-state index in [1.54, 1.807) is 0 Å². The molecule has 0 aromatic carbocycles. The van der Waals surface area contributed by atoms with Gasteiger partial charge in [0.15, 0.2) is 0 Å². The number of carboxylic acid groups (broad SMARTS) is 1. The first kappa shape index (κ1) is 21.8. The van der Waals surface area contributed by atoms with E-state index in [1.165, 1.54) is 12.2 Å². The normalized spacial score (nSPS) is 16.0. The van der Waals surface area contributed by atoms with Crippen LogP contribution in [0.4, 0.5) is 0 Å². The van der Waals surface area contributed by atoms with Gasteiger partial charge in [0, 0.05) is 6.42 Å². The van der Waals surface area contributed by atoms with Crippen LogP contribution in [0.1, 0.15) is 64.7 Å². The number of aliphatic hydroxyl groups is 3. The summed E-state index contributed by atoms with van der Waals surface area (Å²) < 4.78 is 0. The highest BCUT2D eigenvalue weighted by Gasteiger charge is 2.11. The zero-order valence-corrected chi connectivity index (χ0v) is 14.1. The maximum absolute atomic E-state index is 10.3. The monoisotopic (exact) mass is 328 g/mol. The van der Waals surface area contributed by atoms with E-state index >= 15 is 0 Å². The van der Waals surface area contributed by atoms with Crippen LogP contribution in [0, 0.1) is 0 Å². The molecule has 0 fully saturated rings. The Labute approximate surface area is 139 Å². The highest BCUT2D eigenvalue weighted by atomic mass is 16.4. The minimum Gasteiger partial charge on any atom is -0.481 e. The van der Waals surface area contributed by atoms with E-state index in [9.17, 15) is 20.1 Å². The summed E-state index contributed by atoms with van der Waals surface area (Å²) in [6.45, 7) is 2.00. The highest BCUT2D eigenvalue weighted by Crippen LogP contribution is 2.10. The van der Waals surface area contributed by atoms with E-state index in [0.717, 1.165) is 32.1 Å². The maximum atomic E-state index is 10.3. The van der Waals surface area contributed by atoms with E-state index in [4.69, 9.17) is 5.11 Å². The van der Waals surface area contributed by atoms with E-state index in [-0.39, 0.29) is 6.42 Å². The molecule has 0 saturated heterocycles. The Bertz CT molecular complexity index is 351. The third-order valence-electron chi connectivity index (χ3n) is 3.60. The second-order valence-electron chi connectivity index (χ2n) is 5.83. The molecule has 5 heteroatoms. The SMILES string of the molecule is CCC=CCC(O)C(O)C=CC(O)CCCCCCCC(=O)O. The fraction of sp³-hybridized carbons (Fsp3) is 0.722. The van der Waals surface area contributed by atoms with Crippen LogP contribution in [0.5, 0.6) is 0 Å². The zero-order valence-electron chi connectivity index (χ0n) is 14.1. The van der Waals surface area contributed by atoms with Gasteiger partial charge in [0.1, 0.15) is 0 Å². The van der Waals surface area contributed by atoms with Crippen LogP contribution in [0.25, 0.3) is 0 Å². The molecule has 5 nitrogen and oxygen atoms in total. The van der Waals surface area contributed by atoms with Gasteiger partial charge in [-0.25, -0.2) is 0 Å². The largest absolute Gasteiger partial charge is 0.481 e. The van der Waals surface area contributed by atoms with Gasteiger partial charge in [0.25, 0.3) is 0 Å². The first-order valence-electron chi connectivity index (χ1n) is 8.56. The number of hydrogen-bond acceptors (Lipinski definition) is 4. The molecule has 4 N–H and O–H groups in total. The molecule has 3 atom stereocenters. The van der Waals surface area contributed by atoms with Gasteiger partial charge in [-0.1, -0.05) is 56.9 Å². The second kappa shape index (κ2) is 14.4. The minimum atomic E-state index is -0.970. The minimum absolute atomic E-state index is 0.221. The Kier molecular flexibility index (Phi) is 13.7. The second-order valence-corrected chi connectivity index (χ2v) is 5.83. The van der Waals surface area contributed by atoms with Crippen LogP contribution in [-0.2, 0) is 4.79 Å². The van der Waals surface area contributed by atoms with Gasteiger partial charge in [-0.2, -0.15) is 0 Å². The Morgan fingerprint density at radius 2 is 1.61 bits per heavy atom. The molecule has 0 aromatic rings. The molecule has 0 spiro atoms. The first-order chi connectivity index (χ1) is 11.0. The van der Waals surface area contributed by atoms with Crippen molar-refractivity contribution < 1.29 is 25.2 Å². The molecule has 0 aromatic heterocycles. The smallest absolute Gasteiger partial charge is 0.303 e. The van der Waals surface area contributed by atoms with Gasteiger partial charge >= 0.3 is 5.97 Å². The Hall–Kier alpha value is -1.17. The summed E-state index contributed by atoms with van der Waals surface area (Å²) in [5.74, 6) is -0.753. The fourth-order valence-electron chi connectivity index (χ4n) is 2.17. The van der Waals surface area contributed by atoms with Crippen LogP contribution in [0.15, 0.2) is 24.3 Å². The van der Waals surface area contributed by atoms with E-state index in [2.05, 4.69) is 0 Å². The molecule has 3 unspecified atom stereocenters. The summed E-state index contributed by atoms with van der Waals surface area (Å²) >= 11 is 0. The average molecular weight is 328 g/mol. The summed E-state index contributed by atoms with van der Waals surface area (Å²) in [4.78, 5) is 10.3. The van der Waals surface area contributed by atoms with Gasteiger partial charge in [-0.05, 0) is 25.7 Å². The molecule has 0 aliphatic heterocycles. The van der Waals surface area contributed by atoms with Crippen molar-refractivity contribution in [1.82, 2.24) is 0 Å². The van der Waals surface area contributed by atoms with Crippen molar-refractivity contribution >= 4 is 5.97 Å². The lowest BCUT2D eigenvalue weighted by Crippen LogP contribution is -2.23. The molecule has 0 heterocycles. The molecule has 0 radical (unpaired) electrons. The fourth-order valence-corrected chi connectivity index (χ4v) is 2.17. The molecule has 0 aliphatic rings. The van der Waals surface area contributed by atoms with Gasteiger partial charge in [-0.15, -0.1) is 0 Å². The molecule has 134 valence electrons. The van der Waals surface area contributed by atoms with Crippen molar-refractivity contribution in [3.05, 3.63) is 24.3 Å². The number of aliphatic carboxylic acids is 1. The van der Waals surface area contributed by atoms with Crippen molar-refractivity contribution in [2.45, 2.75) is 83.0 Å². The van der Waals surface area contributed by atoms with Crippen LogP contribution in [0.3, 0.4) is 0 Å². The van der Waals surface area contributed by atoms with E-state index in [1.807, 2.05) is 19.1 Å². The molecular formula is C18H32O5. The van der Waals surface area contributed by atoms with Crippen LogP contribution in [0.2, 0.25) is 0 Å². The molecular weight excluding hydrogens is 296 g/mol. The number of hydrogen-bond donors (Lipinski definition) is 4. The molecule has 0 aliphatic carbocycles. The predicted octanol–water partition coefficient (Wildman–Crippen LogP) is 2.80. The van der Waals surface area contributed by atoms with Crippen molar-refractivity contribution in [1.29, 1.82) is 0 Å². The zero-order chi connectivity index (χ0) is 17.5. The van der Waals surface area contributed by atoms with Crippen LogP contribution in [-0.4, -0.2) is 44.7 Å². The first-order valence-corrected chi connectivity index (χ1v) is 8.56. The molecule has 23 heavy (non-hydrogen) atoms. The van der Waals surface area contributed by atoms with Crippen LogP contribution >= 0.6 is 0 Å². The van der Waals surface area contributed by atoms with Gasteiger partial charge in [-0.3, -0.25) is 4.79 Å². The van der Waals surface area contributed by atoms with Crippen molar-refractivity contribution in [2.24, 2.45) is 0 Å². The topological polar surface area (TPSA) is 98.0 Å². The summed E-state index contributed by atoms with van der Waals surface area (Å²) in [5, 5.41) is 37.8. The number of aliphatic hydroxyl groups excluding tert-OH is 3. The summed E-state index contributed by atoms with van der Waals surface area (Å²) in [7, 11) is 0. The molecule has 0 rings (SSSR count). The number of carbonyl (C=O) groups is 1. The Morgan fingerprint density at radius 3 is 2.26 bits per heavy atom. The lowest BCUT2D eigenvalue weighted by atomic mass is 10.0. The van der Waals surface area contributed by atoms with Crippen molar-refractivity contribution in [3.63, 3.8) is 0 Å². The highest BCUT2D eigenvalue weighted by molar-refractivity contribution is 5.66. The number of rotatable bonds is 14. The average Bonchev–Trinajstić information content (AvgIpc) is 2.51. The summed E-state index contributed by atoms with van der Waals surface area (Å²) in [6.07, 6.45) is 10.8. The van der Waals surface area contributed by atoms with E-state index in [0.29, 0.717) is 19.3 Å². The third-order valence-corrected chi connectivity index (χ3v) is 3.60. The van der Waals surface area contributed by atoms with Gasteiger partial charge in [0.2, 0.25) is 0 Å². The predicted molar refractivity (Wildman–Crippen MR) is 91.2 cm³/mol. The summed E-state index contributed by atoms with van der Waals surface area (Å²) in [6, 6.07) is 0. The number of carboxylic acids is 1. The molecule has 0 bridgehead atoms. The third kappa shape index (κ3) is 14.2. The quantitative estimate of drug-likeness (QED) is 0.290. The van der Waals surface area contributed by atoms with Crippen molar-refractivity contribution in [3.8, 4) is 0 Å². The lowest BCUT2D eigenvalue weighted by Gasteiger charge is -2.13. The maximum Gasteiger partial charge on any atom is 0.303 e. The van der Waals surface area contributed by atoms with Crippen molar-refractivity contribution in [2.75, 3.05) is 0 Å². The number of allylic oxidation sites excluding steroid dienone is 1.